The van der Waals surface area contributed by atoms with E-state index in [0.29, 0.717) is 38.1 Å². The largest absolute Gasteiger partial charge is 0.378 e. The van der Waals surface area contributed by atoms with Crippen molar-refractivity contribution in [3.05, 3.63) is 0 Å². The summed E-state index contributed by atoms with van der Waals surface area (Å²) in [6.07, 6.45) is 5.34. The van der Waals surface area contributed by atoms with E-state index in [4.69, 9.17) is 10.5 Å². The first-order valence-electron chi connectivity index (χ1n) is 8.92. The van der Waals surface area contributed by atoms with E-state index in [1.807, 2.05) is 0 Å². The summed E-state index contributed by atoms with van der Waals surface area (Å²) < 4.78 is 5.26. The minimum absolute atomic E-state index is 0.0249. The molecule has 0 aromatic carbocycles. The van der Waals surface area contributed by atoms with Gasteiger partial charge in [0.25, 0.3) is 0 Å². The fourth-order valence-electron chi connectivity index (χ4n) is 4.50. The normalized spacial score (nSPS) is 34.1. The number of carbonyl (C=O) groups excluding carboxylic acids is 2. The molecule has 6 heteroatoms. The molecule has 2 atom stereocenters. The molecular weight excluding hydrogens is 294 g/mol. The number of ether oxygens (including phenoxy) is 1. The van der Waals surface area contributed by atoms with Crippen molar-refractivity contribution in [2.24, 2.45) is 23.5 Å². The average Bonchev–Trinajstić information content (AvgIpc) is 2.54. The number of nitrogens with zero attached hydrogens (tertiary/aromatic N) is 2. The van der Waals surface area contributed by atoms with Crippen molar-refractivity contribution in [1.82, 2.24) is 9.80 Å². The van der Waals surface area contributed by atoms with Crippen LogP contribution < -0.4 is 5.73 Å². The molecule has 3 aliphatic rings. The molecule has 0 radical (unpaired) electrons. The third-order valence-corrected chi connectivity index (χ3v) is 5.87. The summed E-state index contributed by atoms with van der Waals surface area (Å²) in [7, 11) is 1.75. The Kier molecular flexibility index (Phi) is 5.21. The monoisotopic (exact) mass is 323 g/mol. The summed E-state index contributed by atoms with van der Waals surface area (Å²) in [5, 5.41) is 0. The van der Waals surface area contributed by atoms with Crippen molar-refractivity contribution < 1.29 is 14.3 Å². The number of morpholine rings is 1. The van der Waals surface area contributed by atoms with Gasteiger partial charge < -0.3 is 20.3 Å². The third-order valence-electron chi connectivity index (χ3n) is 5.87. The standard InChI is InChI=1S/C17H29N3O3/c1-19(11-15(21)20-5-7-23-8-6-20)17(22)14-9-12-3-2-4-13(10-14)16(12)18/h12-14,16H,2-11,18H2,1H3. The Bertz CT molecular complexity index is 436. The predicted molar refractivity (Wildman–Crippen MR) is 86.6 cm³/mol. The minimum atomic E-state index is 0.0249. The summed E-state index contributed by atoms with van der Waals surface area (Å²) in [5.41, 5.74) is 6.30. The zero-order valence-corrected chi connectivity index (χ0v) is 14.1. The Hall–Kier alpha value is -1.14. The number of fused-ring (bicyclic) bond motifs is 2. The van der Waals surface area contributed by atoms with Gasteiger partial charge in [-0.2, -0.15) is 0 Å². The lowest BCUT2D eigenvalue weighted by Crippen LogP contribution is -2.51. The Morgan fingerprint density at radius 3 is 2.39 bits per heavy atom. The molecular formula is C17H29N3O3. The first-order valence-corrected chi connectivity index (χ1v) is 8.92. The molecule has 0 aromatic heterocycles. The van der Waals surface area contributed by atoms with Gasteiger partial charge in [0.2, 0.25) is 11.8 Å². The van der Waals surface area contributed by atoms with E-state index in [2.05, 4.69) is 0 Å². The van der Waals surface area contributed by atoms with Crippen LogP contribution in [0.15, 0.2) is 0 Å². The van der Waals surface area contributed by atoms with Crippen LogP contribution in [0.5, 0.6) is 0 Å². The highest BCUT2D eigenvalue weighted by Gasteiger charge is 2.41. The number of rotatable bonds is 3. The van der Waals surface area contributed by atoms with Crippen molar-refractivity contribution in [2.75, 3.05) is 39.9 Å². The van der Waals surface area contributed by atoms with Gasteiger partial charge in [0.1, 0.15) is 0 Å². The van der Waals surface area contributed by atoms with Gasteiger partial charge >= 0.3 is 0 Å². The molecule has 2 bridgehead atoms. The fraction of sp³-hybridized carbons (Fsp3) is 0.882. The molecule has 23 heavy (non-hydrogen) atoms. The summed E-state index contributed by atoms with van der Waals surface area (Å²) >= 11 is 0. The van der Waals surface area contributed by atoms with Crippen molar-refractivity contribution in [3.8, 4) is 0 Å². The Balaban J connectivity index is 1.54. The second-order valence-electron chi connectivity index (χ2n) is 7.38. The molecule has 2 aliphatic carbocycles. The minimum Gasteiger partial charge on any atom is -0.378 e. The summed E-state index contributed by atoms with van der Waals surface area (Å²) in [4.78, 5) is 28.5. The van der Waals surface area contributed by atoms with Crippen LogP contribution in [0.1, 0.15) is 32.1 Å². The predicted octanol–water partition coefficient (Wildman–Crippen LogP) is 0.457. The number of carbonyl (C=O) groups is 2. The highest BCUT2D eigenvalue weighted by atomic mass is 16.5. The van der Waals surface area contributed by atoms with E-state index >= 15 is 0 Å². The van der Waals surface area contributed by atoms with Crippen LogP contribution in [0, 0.1) is 17.8 Å². The lowest BCUT2D eigenvalue weighted by Gasteiger charge is -2.44. The number of likely N-dealkylation sites (N-methyl/N-ethyl adjacent to an activating group) is 1. The molecule has 2 amide bonds. The van der Waals surface area contributed by atoms with Gasteiger partial charge in [0.15, 0.2) is 0 Å². The van der Waals surface area contributed by atoms with Gasteiger partial charge in [-0.1, -0.05) is 6.42 Å². The van der Waals surface area contributed by atoms with Crippen molar-refractivity contribution in [2.45, 2.75) is 38.1 Å². The molecule has 1 saturated heterocycles. The maximum Gasteiger partial charge on any atom is 0.242 e. The Morgan fingerprint density at radius 1 is 1.17 bits per heavy atom. The topological polar surface area (TPSA) is 75.9 Å². The molecule has 0 spiro atoms. The number of nitrogens with two attached hydrogens (primary N) is 1. The van der Waals surface area contributed by atoms with Gasteiger partial charge in [-0.3, -0.25) is 9.59 Å². The Morgan fingerprint density at radius 2 is 1.78 bits per heavy atom. The quantitative estimate of drug-likeness (QED) is 0.818. The molecule has 2 saturated carbocycles. The highest BCUT2D eigenvalue weighted by Crippen LogP contribution is 2.42. The number of hydrogen-bond donors (Lipinski definition) is 1. The summed E-state index contributed by atoms with van der Waals surface area (Å²) in [6, 6.07) is 0.271. The van der Waals surface area contributed by atoms with Gasteiger partial charge in [-0.15, -0.1) is 0 Å². The van der Waals surface area contributed by atoms with E-state index in [0.717, 1.165) is 25.7 Å². The first kappa shape index (κ1) is 16.7. The van der Waals surface area contributed by atoms with Crippen molar-refractivity contribution >= 4 is 11.8 Å². The molecule has 2 unspecified atom stereocenters. The summed E-state index contributed by atoms with van der Waals surface area (Å²) in [5.74, 6) is 1.17. The first-order chi connectivity index (χ1) is 11.1. The molecule has 2 N–H and O–H groups in total. The SMILES string of the molecule is CN(CC(=O)N1CCOCC1)C(=O)C1CC2CCCC(C1)C2N. The maximum atomic E-state index is 12.7. The van der Waals surface area contributed by atoms with Gasteiger partial charge in [-0.05, 0) is 37.5 Å². The zero-order valence-electron chi connectivity index (χ0n) is 14.1. The van der Waals surface area contributed by atoms with E-state index in [-0.39, 0.29) is 30.3 Å². The van der Waals surface area contributed by atoms with Crippen LogP contribution in [-0.2, 0) is 14.3 Å². The van der Waals surface area contributed by atoms with Gasteiger partial charge in [0, 0.05) is 32.1 Å². The number of hydrogen-bond acceptors (Lipinski definition) is 4. The second-order valence-corrected chi connectivity index (χ2v) is 7.38. The van der Waals surface area contributed by atoms with Crippen LogP contribution in [-0.4, -0.2) is 67.6 Å². The average molecular weight is 323 g/mol. The highest BCUT2D eigenvalue weighted by molar-refractivity contribution is 5.86. The molecule has 6 nitrogen and oxygen atoms in total. The molecule has 3 fully saturated rings. The lowest BCUT2D eigenvalue weighted by atomic mass is 9.65. The van der Waals surface area contributed by atoms with E-state index < -0.39 is 0 Å². The molecule has 1 heterocycles. The lowest BCUT2D eigenvalue weighted by molar-refractivity contribution is -0.145. The van der Waals surface area contributed by atoms with Gasteiger partial charge in [-0.25, -0.2) is 0 Å². The van der Waals surface area contributed by atoms with Crippen molar-refractivity contribution in [3.63, 3.8) is 0 Å². The molecule has 0 aromatic rings. The van der Waals surface area contributed by atoms with Crippen LogP contribution >= 0.6 is 0 Å². The summed E-state index contributed by atoms with van der Waals surface area (Å²) in [6.45, 7) is 2.61. The molecule has 130 valence electrons. The van der Waals surface area contributed by atoms with Crippen LogP contribution in [0.3, 0.4) is 0 Å². The van der Waals surface area contributed by atoms with Crippen LogP contribution in [0.25, 0.3) is 0 Å². The fourth-order valence-corrected chi connectivity index (χ4v) is 4.50. The Labute approximate surface area is 138 Å². The van der Waals surface area contributed by atoms with E-state index in [1.165, 1.54) is 6.42 Å². The van der Waals surface area contributed by atoms with Crippen molar-refractivity contribution in [1.29, 1.82) is 0 Å². The maximum absolute atomic E-state index is 12.7. The zero-order chi connectivity index (χ0) is 16.4. The number of amides is 2. The molecule has 3 rings (SSSR count). The van der Waals surface area contributed by atoms with Crippen LogP contribution in [0.4, 0.5) is 0 Å². The second kappa shape index (κ2) is 7.18. The molecule has 1 aliphatic heterocycles. The van der Waals surface area contributed by atoms with E-state index in [9.17, 15) is 9.59 Å². The van der Waals surface area contributed by atoms with Gasteiger partial charge in [0.05, 0.1) is 19.8 Å². The smallest absolute Gasteiger partial charge is 0.242 e. The third kappa shape index (κ3) is 3.69. The van der Waals surface area contributed by atoms with E-state index in [1.54, 1.807) is 16.8 Å². The van der Waals surface area contributed by atoms with Crippen LogP contribution in [0.2, 0.25) is 0 Å².